The summed E-state index contributed by atoms with van der Waals surface area (Å²) in [6.45, 7) is 7.54. The highest BCUT2D eigenvalue weighted by Crippen LogP contribution is 2.15. The topological polar surface area (TPSA) is 44.4 Å². The van der Waals surface area contributed by atoms with E-state index < -0.39 is 0 Å². The molecule has 1 rings (SSSR count). The molecule has 0 aromatic rings. The molecule has 50 heavy (non-hydrogen) atoms. The van der Waals surface area contributed by atoms with Crippen molar-refractivity contribution in [3.63, 3.8) is 0 Å². The summed E-state index contributed by atoms with van der Waals surface area (Å²) in [5.41, 5.74) is 3.27. The second-order valence-corrected chi connectivity index (χ2v) is 14.7. The largest absolute Gasteiger partial charge is 0.320 e. The first-order valence-corrected chi connectivity index (χ1v) is 22.0. The fourth-order valence-electron chi connectivity index (χ4n) is 5.80. The lowest BCUT2D eigenvalue weighted by Crippen LogP contribution is -2.43. The highest BCUT2D eigenvalue weighted by molar-refractivity contribution is 5.75. The molecule has 292 valence electrons. The Morgan fingerprint density at radius 1 is 0.480 bits per heavy atom. The number of rotatable bonds is 37. The molecule has 1 fully saturated rings. The summed E-state index contributed by atoms with van der Waals surface area (Å²) in [5.74, 6) is 0.203. The summed E-state index contributed by atoms with van der Waals surface area (Å²) in [5, 5.41) is 5.43. The molecule has 0 atom stereocenters. The van der Waals surface area contributed by atoms with Gasteiger partial charge in [-0.25, -0.2) is 5.01 Å². The molecule has 0 radical (unpaired) electrons. The Bertz CT molecular complexity index is 734. The number of hydrogen-bond acceptors (Lipinski definition) is 3. The van der Waals surface area contributed by atoms with E-state index in [2.05, 4.69) is 78.2 Å². The van der Waals surface area contributed by atoms with Crippen molar-refractivity contribution in [1.29, 1.82) is 0 Å². The molecule has 0 heterocycles. The van der Waals surface area contributed by atoms with Gasteiger partial charge in [-0.05, 0) is 103 Å². The fraction of sp³-hybridized carbons (Fsp3) is 0.804. The Kier molecular flexibility index (Phi) is 42.1. The Morgan fingerprint density at radius 3 is 1.26 bits per heavy atom. The van der Waals surface area contributed by atoms with Crippen LogP contribution >= 0.6 is 0 Å². The number of hydrogen-bond donors (Lipinski definition) is 2. The number of nitrogens with one attached hydrogen (secondary N) is 2. The normalized spacial score (nSPS) is 13.0. The molecule has 0 unspecified atom stereocenters. The maximum atomic E-state index is 12.6. The van der Waals surface area contributed by atoms with Gasteiger partial charge in [0.1, 0.15) is 0 Å². The highest BCUT2D eigenvalue weighted by Gasteiger charge is 2.09. The van der Waals surface area contributed by atoms with Crippen LogP contribution in [0.5, 0.6) is 0 Å². The van der Waals surface area contributed by atoms with Crippen molar-refractivity contribution in [2.45, 2.75) is 213 Å². The summed E-state index contributed by atoms with van der Waals surface area (Å²) < 4.78 is 0. The van der Waals surface area contributed by atoms with Gasteiger partial charge in [0.05, 0.1) is 0 Å². The van der Waals surface area contributed by atoms with Crippen LogP contribution in [0.1, 0.15) is 213 Å². The van der Waals surface area contributed by atoms with Crippen molar-refractivity contribution < 1.29 is 4.79 Å². The first kappa shape index (κ1) is 48.3. The predicted octanol–water partition coefficient (Wildman–Crippen LogP) is 13.9. The van der Waals surface area contributed by atoms with E-state index >= 15 is 0 Å². The molecule has 1 amide bonds. The van der Waals surface area contributed by atoms with Crippen LogP contribution in [-0.4, -0.2) is 37.6 Å². The number of hydrazine groups is 1. The molecule has 0 saturated heterocycles. The van der Waals surface area contributed by atoms with Gasteiger partial charge in [0.2, 0.25) is 5.91 Å². The lowest BCUT2D eigenvalue weighted by molar-refractivity contribution is -0.126. The third-order valence-corrected chi connectivity index (χ3v) is 9.22. The molecule has 0 aliphatic heterocycles. The first-order chi connectivity index (χ1) is 24.7. The smallest absolute Gasteiger partial charge is 0.234 e. The number of carbonyl (C=O) groups is 1. The maximum absolute atomic E-state index is 12.6. The van der Waals surface area contributed by atoms with Gasteiger partial charge < -0.3 is 5.32 Å². The fourth-order valence-corrected chi connectivity index (χ4v) is 5.80. The Hall–Kier alpha value is -1.65. The first-order valence-electron chi connectivity index (χ1n) is 22.0. The van der Waals surface area contributed by atoms with Gasteiger partial charge in [0.15, 0.2) is 0 Å². The monoisotopic (exact) mass is 698 g/mol. The zero-order chi connectivity index (χ0) is 36.3. The van der Waals surface area contributed by atoms with E-state index in [4.69, 9.17) is 0 Å². The van der Waals surface area contributed by atoms with Gasteiger partial charge >= 0.3 is 0 Å². The lowest BCUT2D eigenvalue weighted by atomic mass is 10.1. The summed E-state index contributed by atoms with van der Waals surface area (Å²) in [6.07, 6.45) is 57.6. The molecular formula is C46H87N3O. The lowest BCUT2D eigenvalue weighted by Gasteiger charge is -2.23. The van der Waals surface area contributed by atoms with Crippen molar-refractivity contribution in [2.75, 3.05) is 26.7 Å². The van der Waals surface area contributed by atoms with Crippen LogP contribution in [0, 0.1) is 0 Å². The van der Waals surface area contributed by atoms with Crippen LogP contribution in [0.25, 0.3) is 0 Å². The summed E-state index contributed by atoms with van der Waals surface area (Å²) in [7, 11) is 1.99. The quantitative estimate of drug-likeness (QED) is 0.0386. The average Bonchev–Trinajstić information content (AvgIpc) is 4.01. The molecule has 0 aromatic heterocycles. The van der Waals surface area contributed by atoms with Gasteiger partial charge in [-0.15, -0.1) is 0 Å². The number of carbonyl (C=O) groups excluding carboxylic acids is 1. The Labute approximate surface area is 313 Å². The molecule has 0 aromatic carbocycles. The van der Waals surface area contributed by atoms with Gasteiger partial charge in [-0.2, -0.15) is 0 Å². The van der Waals surface area contributed by atoms with Gasteiger partial charge in [0, 0.05) is 19.5 Å². The zero-order valence-electron chi connectivity index (χ0n) is 34.0. The van der Waals surface area contributed by atoms with Gasteiger partial charge in [-0.1, -0.05) is 165 Å². The minimum Gasteiger partial charge on any atom is -0.320 e. The van der Waals surface area contributed by atoms with Gasteiger partial charge in [0.25, 0.3) is 0 Å². The molecular weight excluding hydrogens is 611 g/mol. The second kappa shape index (κ2) is 43.5. The third kappa shape index (κ3) is 44.4. The SMILES string of the molecule is C1CC1.CCCCC/C=C\C/C=C\CCCCCCCCN(CCCCCCCC/C=C\C/C=C\CCCCC)NC(=O)CCCCCNC. The molecule has 1 saturated carbocycles. The van der Waals surface area contributed by atoms with Crippen molar-refractivity contribution in [1.82, 2.24) is 15.8 Å². The average molecular weight is 698 g/mol. The Morgan fingerprint density at radius 2 is 0.860 bits per heavy atom. The second-order valence-electron chi connectivity index (χ2n) is 14.7. The molecule has 0 bridgehead atoms. The minimum atomic E-state index is 0.203. The Balaban J connectivity index is 0.00000754. The predicted molar refractivity (Wildman–Crippen MR) is 225 cm³/mol. The molecule has 1 aliphatic carbocycles. The van der Waals surface area contributed by atoms with E-state index in [1.54, 1.807) is 0 Å². The number of amides is 1. The van der Waals surface area contributed by atoms with Crippen molar-refractivity contribution >= 4 is 5.91 Å². The van der Waals surface area contributed by atoms with Gasteiger partial charge in [-0.3, -0.25) is 10.2 Å². The van der Waals surface area contributed by atoms with E-state index in [9.17, 15) is 4.79 Å². The van der Waals surface area contributed by atoms with Crippen LogP contribution in [0.4, 0.5) is 0 Å². The zero-order valence-corrected chi connectivity index (χ0v) is 34.0. The van der Waals surface area contributed by atoms with E-state index in [0.717, 1.165) is 51.7 Å². The van der Waals surface area contributed by atoms with Crippen LogP contribution < -0.4 is 10.7 Å². The third-order valence-electron chi connectivity index (χ3n) is 9.22. The minimum absolute atomic E-state index is 0.203. The summed E-state index contributed by atoms with van der Waals surface area (Å²) in [4.78, 5) is 12.6. The van der Waals surface area contributed by atoms with Crippen LogP contribution in [0.15, 0.2) is 48.6 Å². The summed E-state index contributed by atoms with van der Waals surface area (Å²) in [6, 6.07) is 0. The van der Waals surface area contributed by atoms with Crippen LogP contribution in [-0.2, 0) is 4.79 Å². The molecule has 1 aliphatic rings. The van der Waals surface area contributed by atoms with E-state index in [-0.39, 0.29) is 5.91 Å². The number of nitrogens with zero attached hydrogens (tertiary/aromatic N) is 1. The van der Waals surface area contributed by atoms with E-state index in [0.29, 0.717) is 6.42 Å². The maximum Gasteiger partial charge on any atom is 0.234 e. The van der Waals surface area contributed by atoms with Crippen LogP contribution in [0.2, 0.25) is 0 Å². The standard InChI is InChI=1S/C43H81N3O.C3H6/c1-4-6-8-10-12-14-16-18-20-22-24-26-28-30-32-37-41-46(45-43(47)39-35-34-36-40-44-3)42-38-33-31-29-27-25-23-21-19-17-15-13-11-9-7-5-2;1-2-3-1/h12-15,18-21,44H,4-11,16-17,22-42H2,1-3H3,(H,45,47);1-3H2/b14-12-,15-13-,20-18-,21-19-;. The van der Waals surface area contributed by atoms with Crippen molar-refractivity contribution in [3.8, 4) is 0 Å². The number of unbranched alkanes of at least 4 members (excludes halogenated alkanes) is 20. The van der Waals surface area contributed by atoms with Crippen molar-refractivity contribution in [3.05, 3.63) is 48.6 Å². The van der Waals surface area contributed by atoms with Crippen molar-refractivity contribution in [2.24, 2.45) is 0 Å². The molecule has 2 N–H and O–H groups in total. The summed E-state index contributed by atoms with van der Waals surface area (Å²) >= 11 is 0. The van der Waals surface area contributed by atoms with Crippen LogP contribution in [0.3, 0.4) is 0 Å². The van der Waals surface area contributed by atoms with E-state index in [1.807, 2.05) is 7.05 Å². The molecule has 0 spiro atoms. The molecule has 4 nitrogen and oxygen atoms in total. The highest BCUT2D eigenvalue weighted by atomic mass is 16.2. The van der Waals surface area contributed by atoms with E-state index in [1.165, 1.54) is 161 Å². The number of allylic oxidation sites excluding steroid dienone is 8. The molecule has 4 heteroatoms.